The monoisotopic (exact) mass is 486 g/mol. The maximum Gasteiger partial charge on any atom is 0.320 e. The van der Waals surface area contributed by atoms with Gasteiger partial charge in [-0.15, -0.1) is 0 Å². The molecule has 190 valence electrons. The van der Waals surface area contributed by atoms with Crippen molar-refractivity contribution in [3.63, 3.8) is 0 Å². The minimum Gasteiger partial charge on any atom is -0.458 e. The molecular formula is C26H34N2O7. The molecule has 6 rings (SSSR count). The van der Waals surface area contributed by atoms with Gasteiger partial charge in [-0.05, 0) is 75.5 Å². The standard InChI is InChI=1S/C26H34N2O7/c1-24(2,20-3-5-21(6-4-20)28(31)32)35-23(30)25-12-18-11-19(13-25)15-26(14-18,17-25)34-22(29)16-27-7-9-33-10-8-27/h3-6,18-19H,7-17H2,1-2H3. The third-order valence-corrected chi connectivity index (χ3v) is 8.35. The lowest BCUT2D eigenvalue weighted by atomic mass is 9.48. The molecular weight excluding hydrogens is 452 g/mol. The highest BCUT2D eigenvalue weighted by Gasteiger charge is 2.63. The molecule has 0 aromatic heterocycles. The third kappa shape index (κ3) is 4.80. The van der Waals surface area contributed by atoms with Gasteiger partial charge in [0.15, 0.2) is 0 Å². The van der Waals surface area contributed by atoms with E-state index >= 15 is 0 Å². The molecule has 1 saturated heterocycles. The number of hydrogen-bond donors (Lipinski definition) is 0. The number of nitro benzene ring substituents is 1. The van der Waals surface area contributed by atoms with Gasteiger partial charge in [0.05, 0.1) is 30.1 Å². The first-order chi connectivity index (χ1) is 16.6. The number of nitrogens with zero attached hydrogens (tertiary/aromatic N) is 2. The van der Waals surface area contributed by atoms with Crippen LogP contribution in [0.3, 0.4) is 0 Å². The van der Waals surface area contributed by atoms with Crippen LogP contribution >= 0.6 is 0 Å². The molecule has 0 amide bonds. The summed E-state index contributed by atoms with van der Waals surface area (Å²) >= 11 is 0. The van der Waals surface area contributed by atoms with Crippen molar-refractivity contribution in [1.82, 2.24) is 4.90 Å². The van der Waals surface area contributed by atoms with Crippen molar-refractivity contribution in [1.29, 1.82) is 0 Å². The predicted octanol–water partition coefficient (Wildman–Crippen LogP) is 3.59. The zero-order valence-corrected chi connectivity index (χ0v) is 20.5. The van der Waals surface area contributed by atoms with Crippen molar-refractivity contribution in [3.8, 4) is 0 Å². The maximum atomic E-state index is 13.7. The Kier molecular flexibility index (Phi) is 6.12. The van der Waals surface area contributed by atoms with Crippen molar-refractivity contribution < 1.29 is 28.7 Å². The van der Waals surface area contributed by atoms with E-state index in [2.05, 4.69) is 4.90 Å². The van der Waals surface area contributed by atoms with Gasteiger partial charge in [-0.3, -0.25) is 24.6 Å². The number of rotatable bonds is 7. The summed E-state index contributed by atoms with van der Waals surface area (Å²) in [7, 11) is 0. The number of esters is 2. The Balaban J connectivity index is 1.29. The number of nitro groups is 1. The molecule has 1 aliphatic heterocycles. The molecule has 9 heteroatoms. The minimum atomic E-state index is -0.935. The zero-order valence-electron chi connectivity index (χ0n) is 20.5. The van der Waals surface area contributed by atoms with Crippen LogP contribution in [0.2, 0.25) is 0 Å². The minimum absolute atomic E-state index is 0.00204. The van der Waals surface area contributed by atoms with E-state index in [0.29, 0.717) is 37.0 Å². The summed E-state index contributed by atoms with van der Waals surface area (Å²) in [4.78, 5) is 39.2. The number of morpholine rings is 1. The fourth-order valence-electron chi connectivity index (χ4n) is 7.14. The quantitative estimate of drug-likeness (QED) is 0.327. The molecule has 0 radical (unpaired) electrons. The summed E-state index contributed by atoms with van der Waals surface area (Å²) in [6, 6.07) is 6.14. The SMILES string of the molecule is CC(C)(OC(=O)C12CC3CC(CC(OC(=O)CN4CCOCC4)(C3)C1)C2)c1ccc([N+](=O)[O-])cc1. The number of carbonyl (C=O) groups is 2. The summed E-state index contributed by atoms with van der Waals surface area (Å²) in [6.45, 7) is 6.58. The fraction of sp³-hybridized carbons (Fsp3) is 0.692. The van der Waals surface area contributed by atoms with Crippen LogP contribution < -0.4 is 0 Å². The topological polar surface area (TPSA) is 108 Å². The van der Waals surface area contributed by atoms with Crippen LogP contribution in [-0.4, -0.2) is 60.2 Å². The van der Waals surface area contributed by atoms with Gasteiger partial charge < -0.3 is 14.2 Å². The summed E-state index contributed by atoms with van der Waals surface area (Å²) in [5.74, 6) is 0.233. The molecule has 1 aromatic rings. The Morgan fingerprint density at radius 2 is 1.74 bits per heavy atom. The second kappa shape index (κ2) is 8.85. The normalized spacial score (nSPS) is 32.3. The highest BCUT2D eigenvalue weighted by atomic mass is 16.6. The van der Waals surface area contributed by atoms with Crippen LogP contribution in [0.5, 0.6) is 0 Å². The Bertz CT molecular complexity index is 985. The van der Waals surface area contributed by atoms with Crippen molar-refractivity contribution in [3.05, 3.63) is 39.9 Å². The van der Waals surface area contributed by atoms with Crippen LogP contribution in [0.1, 0.15) is 57.9 Å². The lowest BCUT2D eigenvalue weighted by molar-refractivity contribution is -0.384. The van der Waals surface area contributed by atoms with E-state index < -0.39 is 21.5 Å². The van der Waals surface area contributed by atoms with Crippen LogP contribution in [0.4, 0.5) is 5.69 Å². The fourth-order valence-corrected chi connectivity index (χ4v) is 7.14. The largest absolute Gasteiger partial charge is 0.458 e. The van der Waals surface area contributed by atoms with Gasteiger partial charge in [-0.2, -0.15) is 0 Å². The van der Waals surface area contributed by atoms with E-state index in [9.17, 15) is 19.7 Å². The summed E-state index contributed by atoms with van der Waals surface area (Å²) < 4.78 is 17.7. The highest BCUT2D eigenvalue weighted by molar-refractivity contribution is 5.79. The average molecular weight is 487 g/mol. The lowest BCUT2D eigenvalue weighted by Crippen LogP contribution is -2.60. The van der Waals surface area contributed by atoms with E-state index in [1.807, 2.05) is 13.8 Å². The van der Waals surface area contributed by atoms with Gasteiger partial charge >= 0.3 is 11.9 Å². The summed E-state index contributed by atoms with van der Waals surface area (Å²) in [5.41, 5.74) is -1.48. The second-order valence-corrected chi connectivity index (χ2v) is 11.5. The molecule has 0 spiro atoms. The summed E-state index contributed by atoms with van der Waals surface area (Å²) in [6.07, 6.45) is 4.75. The van der Waals surface area contributed by atoms with Crippen molar-refractivity contribution >= 4 is 17.6 Å². The van der Waals surface area contributed by atoms with E-state index in [1.165, 1.54) is 12.1 Å². The Morgan fingerprint density at radius 3 is 2.34 bits per heavy atom. The molecule has 5 fully saturated rings. The van der Waals surface area contributed by atoms with Gasteiger partial charge in [-0.1, -0.05) is 0 Å². The van der Waals surface area contributed by atoms with Crippen molar-refractivity contribution in [2.24, 2.45) is 17.3 Å². The average Bonchev–Trinajstić information content (AvgIpc) is 2.78. The number of hydrogen-bond acceptors (Lipinski definition) is 8. The van der Waals surface area contributed by atoms with Crippen molar-refractivity contribution in [2.75, 3.05) is 32.8 Å². The number of carbonyl (C=O) groups excluding carboxylic acids is 2. The Morgan fingerprint density at radius 1 is 1.11 bits per heavy atom. The van der Waals surface area contributed by atoms with E-state index in [4.69, 9.17) is 14.2 Å². The van der Waals surface area contributed by atoms with E-state index in [1.54, 1.807) is 12.1 Å². The van der Waals surface area contributed by atoms with Gasteiger partial charge in [0, 0.05) is 31.6 Å². The first-order valence-corrected chi connectivity index (χ1v) is 12.6. The number of non-ortho nitro benzene ring substituents is 1. The van der Waals surface area contributed by atoms with Gasteiger partial charge in [0.2, 0.25) is 0 Å². The second-order valence-electron chi connectivity index (χ2n) is 11.5. The lowest BCUT2D eigenvalue weighted by Gasteiger charge is -2.60. The molecule has 9 nitrogen and oxygen atoms in total. The molecule has 5 aliphatic rings. The molecule has 35 heavy (non-hydrogen) atoms. The molecule has 0 N–H and O–H groups in total. The van der Waals surface area contributed by atoms with Crippen LogP contribution in [-0.2, 0) is 29.4 Å². The van der Waals surface area contributed by atoms with Gasteiger partial charge in [0.25, 0.3) is 5.69 Å². The Hall–Kier alpha value is -2.52. The first-order valence-electron chi connectivity index (χ1n) is 12.6. The predicted molar refractivity (Wildman–Crippen MR) is 125 cm³/mol. The smallest absolute Gasteiger partial charge is 0.320 e. The van der Waals surface area contributed by atoms with Gasteiger partial charge in [-0.25, -0.2) is 0 Å². The molecule has 1 aromatic carbocycles. The third-order valence-electron chi connectivity index (χ3n) is 8.35. The van der Waals surface area contributed by atoms with Crippen molar-refractivity contribution in [2.45, 2.75) is 63.6 Å². The number of benzene rings is 1. The number of ether oxygens (including phenoxy) is 3. The molecule has 2 unspecified atom stereocenters. The molecule has 1 heterocycles. The van der Waals surface area contributed by atoms with E-state index in [0.717, 1.165) is 45.2 Å². The Labute approximate surface area is 205 Å². The molecule has 4 bridgehead atoms. The first kappa shape index (κ1) is 24.2. The van der Waals surface area contributed by atoms with Crippen LogP contribution in [0, 0.1) is 27.4 Å². The maximum absolute atomic E-state index is 13.7. The zero-order chi connectivity index (χ0) is 24.8. The van der Waals surface area contributed by atoms with Crippen LogP contribution in [0.15, 0.2) is 24.3 Å². The summed E-state index contributed by atoms with van der Waals surface area (Å²) in [5, 5.41) is 11.0. The highest BCUT2D eigenvalue weighted by Crippen LogP contribution is 2.63. The van der Waals surface area contributed by atoms with Gasteiger partial charge in [0.1, 0.15) is 11.2 Å². The molecule has 4 saturated carbocycles. The van der Waals surface area contributed by atoms with E-state index in [-0.39, 0.29) is 24.2 Å². The molecule has 4 aliphatic carbocycles. The molecule has 2 atom stereocenters. The van der Waals surface area contributed by atoms with Crippen LogP contribution in [0.25, 0.3) is 0 Å².